The van der Waals surface area contributed by atoms with Gasteiger partial charge in [0.25, 0.3) is 0 Å². The summed E-state index contributed by atoms with van der Waals surface area (Å²) in [5.74, 6) is -0.972. The van der Waals surface area contributed by atoms with Gasteiger partial charge in [-0.15, -0.1) is 11.3 Å². The van der Waals surface area contributed by atoms with Crippen LogP contribution in [0.4, 0.5) is 0 Å². The summed E-state index contributed by atoms with van der Waals surface area (Å²) in [6, 6.07) is 3.84. The fourth-order valence-corrected chi connectivity index (χ4v) is 1.89. The summed E-state index contributed by atoms with van der Waals surface area (Å²) in [6.45, 7) is 0.630. The van der Waals surface area contributed by atoms with Crippen molar-refractivity contribution in [1.29, 1.82) is 0 Å². The van der Waals surface area contributed by atoms with Crippen molar-refractivity contribution in [2.24, 2.45) is 0 Å². The Balaban J connectivity index is 2.14. The van der Waals surface area contributed by atoms with Gasteiger partial charge in [0.15, 0.2) is 5.69 Å². The smallest absolute Gasteiger partial charge is 0.355 e. The van der Waals surface area contributed by atoms with Crippen molar-refractivity contribution in [2.75, 3.05) is 0 Å². The Kier molecular flexibility index (Phi) is 2.32. The molecule has 0 aromatic carbocycles. The van der Waals surface area contributed by atoms with Gasteiger partial charge in [-0.1, -0.05) is 0 Å². The van der Waals surface area contributed by atoms with E-state index in [1.54, 1.807) is 5.38 Å². The lowest BCUT2D eigenvalue weighted by Gasteiger charge is -1.96. The molecule has 2 heterocycles. The number of hydrogen-bond acceptors (Lipinski definition) is 3. The Morgan fingerprint density at radius 2 is 2.21 bits per heavy atom. The first-order valence-corrected chi connectivity index (χ1v) is 4.92. The first kappa shape index (κ1) is 8.96. The maximum absolute atomic E-state index is 10.6. The SMILES string of the molecule is O=C(O)c1csc(Cn2cccc2)n1. The van der Waals surface area contributed by atoms with Crippen LogP contribution in [0.1, 0.15) is 15.5 Å². The lowest BCUT2D eigenvalue weighted by molar-refractivity contribution is 0.0691. The Bertz CT molecular complexity index is 433. The standard InChI is InChI=1S/C9H8N2O2S/c12-9(13)7-6-14-8(10-7)5-11-3-1-2-4-11/h1-4,6H,5H2,(H,12,13). The second-order valence-corrected chi connectivity index (χ2v) is 3.73. The summed E-state index contributed by atoms with van der Waals surface area (Å²) in [5.41, 5.74) is 0.122. The number of rotatable bonds is 3. The Morgan fingerprint density at radius 1 is 1.50 bits per heavy atom. The van der Waals surface area contributed by atoms with Crippen molar-refractivity contribution < 1.29 is 9.90 Å². The molecule has 0 radical (unpaired) electrons. The fourth-order valence-electron chi connectivity index (χ4n) is 1.11. The van der Waals surface area contributed by atoms with Crippen molar-refractivity contribution in [2.45, 2.75) is 6.54 Å². The van der Waals surface area contributed by atoms with Crippen LogP contribution in [0.2, 0.25) is 0 Å². The van der Waals surface area contributed by atoms with Gasteiger partial charge in [0.1, 0.15) is 5.01 Å². The molecular weight excluding hydrogens is 200 g/mol. The fraction of sp³-hybridized carbons (Fsp3) is 0.111. The molecule has 14 heavy (non-hydrogen) atoms. The van der Waals surface area contributed by atoms with Gasteiger partial charge >= 0.3 is 5.97 Å². The molecule has 1 N–H and O–H groups in total. The highest BCUT2D eigenvalue weighted by molar-refractivity contribution is 7.09. The molecule has 0 amide bonds. The minimum atomic E-state index is -0.972. The highest BCUT2D eigenvalue weighted by Crippen LogP contribution is 2.11. The molecule has 4 nitrogen and oxygen atoms in total. The molecule has 0 spiro atoms. The molecule has 72 valence electrons. The molecular formula is C9H8N2O2S. The molecule has 0 saturated carbocycles. The average Bonchev–Trinajstić information content (AvgIpc) is 2.75. The number of thiazole rings is 1. The number of aromatic carboxylic acids is 1. The zero-order chi connectivity index (χ0) is 9.97. The van der Waals surface area contributed by atoms with Gasteiger partial charge in [-0.3, -0.25) is 0 Å². The van der Waals surface area contributed by atoms with Crippen LogP contribution in [-0.4, -0.2) is 20.6 Å². The molecule has 2 rings (SSSR count). The van der Waals surface area contributed by atoms with Crippen LogP contribution < -0.4 is 0 Å². The van der Waals surface area contributed by atoms with E-state index in [0.717, 1.165) is 5.01 Å². The molecule has 0 aliphatic rings. The third-order valence-corrected chi connectivity index (χ3v) is 2.59. The third-order valence-electron chi connectivity index (χ3n) is 1.75. The topological polar surface area (TPSA) is 55.1 Å². The number of nitrogens with zero attached hydrogens (tertiary/aromatic N) is 2. The molecule has 0 aliphatic heterocycles. The summed E-state index contributed by atoms with van der Waals surface area (Å²) in [5, 5.41) is 11.0. The van der Waals surface area contributed by atoms with Crippen molar-refractivity contribution >= 4 is 17.3 Å². The largest absolute Gasteiger partial charge is 0.476 e. The second-order valence-electron chi connectivity index (χ2n) is 2.79. The van der Waals surface area contributed by atoms with Crippen LogP contribution >= 0.6 is 11.3 Å². The van der Waals surface area contributed by atoms with Crippen molar-refractivity contribution in [3.05, 3.63) is 40.6 Å². The van der Waals surface area contributed by atoms with Crippen LogP contribution in [0.15, 0.2) is 29.9 Å². The minimum Gasteiger partial charge on any atom is -0.476 e. The van der Waals surface area contributed by atoms with E-state index in [-0.39, 0.29) is 5.69 Å². The van der Waals surface area contributed by atoms with Gasteiger partial charge in [0, 0.05) is 17.8 Å². The van der Waals surface area contributed by atoms with Crippen molar-refractivity contribution in [3.63, 3.8) is 0 Å². The third kappa shape index (κ3) is 1.82. The Morgan fingerprint density at radius 3 is 2.79 bits per heavy atom. The maximum Gasteiger partial charge on any atom is 0.355 e. The number of carbonyl (C=O) groups is 1. The molecule has 0 aliphatic carbocycles. The van der Waals surface area contributed by atoms with Gasteiger partial charge in [-0.25, -0.2) is 9.78 Å². The highest BCUT2D eigenvalue weighted by atomic mass is 32.1. The van der Waals surface area contributed by atoms with Crippen LogP contribution in [-0.2, 0) is 6.54 Å². The molecule has 0 saturated heterocycles. The average molecular weight is 208 g/mol. The number of hydrogen-bond donors (Lipinski definition) is 1. The predicted octanol–water partition coefficient (Wildman–Crippen LogP) is 1.69. The Hall–Kier alpha value is -1.62. The number of aromatic nitrogens is 2. The summed E-state index contributed by atoms with van der Waals surface area (Å²) >= 11 is 1.36. The molecule has 0 fully saturated rings. The van der Waals surface area contributed by atoms with Crippen LogP contribution in [0.5, 0.6) is 0 Å². The molecule has 0 atom stereocenters. The van der Waals surface area contributed by atoms with E-state index < -0.39 is 5.97 Å². The van der Waals surface area contributed by atoms with E-state index in [1.165, 1.54) is 11.3 Å². The first-order chi connectivity index (χ1) is 6.75. The monoisotopic (exact) mass is 208 g/mol. The van der Waals surface area contributed by atoms with Gasteiger partial charge in [0.2, 0.25) is 0 Å². The normalized spacial score (nSPS) is 10.3. The molecule has 0 unspecified atom stereocenters. The number of carboxylic acids is 1. The van der Waals surface area contributed by atoms with Gasteiger partial charge in [-0.2, -0.15) is 0 Å². The summed E-state index contributed by atoms with van der Waals surface area (Å²) in [4.78, 5) is 14.5. The lowest BCUT2D eigenvalue weighted by atomic mass is 10.5. The summed E-state index contributed by atoms with van der Waals surface area (Å²) in [7, 11) is 0. The molecule has 2 aromatic heterocycles. The van der Waals surface area contributed by atoms with Crippen LogP contribution in [0, 0.1) is 0 Å². The van der Waals surface area contributed by atoms with E-state index in [9.17, 15) is 4.79 Å². The zero-order valence-electron chi connectivity index (χ0n) is 7.25. The van der Waals surface area contributed by atoms with E-state index >= 15 is 0 Å². The first-order valence-electron chi connectivity index (χ1n) is 4.04. The predicted molar refractivity (Wildman–Crippen MR) is 52.6 cm³/mol. The van der Waals surface area contributed by atoms with Gasteiger partial charge < -0.3 is 9.67 Å². The van der Waals surface area contributed by atoms with E-state index in [1.807, 2.05) is 29.1 Å². The molecule has 5 heteroatoms. The highest BCUT2D eigenvalue weighted by Gasteiger charge is 2.08. The molecule has 0 bridgehead atoms. The van der Waals surface area contributed by atoms with Crippen LogP contribution in [0.3, 0.4) is 0 Å². The lowest BCUT2D eigenvalue weighted by Crippen LogP contribution is -1.99. The maximum atomic E-state index is 10.6. The number of carboxylic acid groups (broad SMARTS) is 1. The van der Waals surface area contributed by atoms with Gasteiger partial charge in [0.05, 0.1) is 6.54 Å². The van der Waals surface area contributed by atoms with E-state index in [0.29, 0.717) is 6.54 Å². The molecule has 2 aromatic rings. The van der Waals surface area contributed by atoms with Crippen molar-refractivity contribution in [3.8, 4) is 0 Å². The van der Waals surface area contributed by atoms with Crippen molar-refractivity contribution in [1.82, 2.24) is 9.55 Å². The zero-order valence-corrected chi connectivity index (χ0v) is 8.07. The minimum absolute atomic E-state index is 0.122. The van der Waals surface area contributed by atoms with E-state index in [4.69, 9.17) is 5.11 Å². The van der Waals surface area contributed by atoms with Crippen LogP contribution in [0.25, 0.3) is 0 Å². The summed E-state index contributed by atoms with van der Waals surface area (Å²) < 4.78 is 1.95. The summed E-state index contributed by atoms with van der Waals surface area (Å²) in [6.07, 6.45) is 3.84. The Labute approximate surface area is 84.5 Å². The quantitative estimate of drug-likeness (QED) is 0.835. The van der Waals surface area contributed by atoms with E-state index in [2.05, 4.69) is 4.98 Å². The second kappa shape index (κ2) is 3.63. The van der Waals surface area contributed by atoms with Gasteiger partial charge in [-0.05, 0) is 12.1 Å².